The predicted octanol–water partition coefficient (Wildman–Crippen LogP) is 3.90. The van der Waals surface area contributed by atoms with Gasteiger partial charge in [-0.25, -0.2) is 0 Å². The van der Waals surface area contributed by atoms with Gasteiger partial charge in [-0.05, 0) is 63.5 Å². The van der Waals surface area contributed by atoms with Gasteiger partial charge in [0.1, 0.15) is 18.5 Å². The molecule has 32 heavy (non-hydrogen) atoms. The molecular weight excluding hydrogens is 408 g/mol. The van der Waals surface area contributed by atoms with Crippen molar-refractivity contribution in [1.82, 2.24) is 0 Å². The van der Waals surface area contributed by atoms with Crippen molar-refractivity contribution in [2.45, 2.75) is 76.8 Å². The Balaban J connectivity index is 1.44. The van der Waals surface area contributed by atoms with E-state index < -0.39 is 12.2 Å². The summed E-state index contributed by atoms with van der Waals surface area (Å²) in [5, 5.41) is 20.9. The van der Waals surface area contributed by atoms with Gasteiger partial charge in [-0.1, -0.05) is 30.4 Å². The third-order valence-electron chi connectivity index (χ3n) is 6.42. The minimum Gasteiger partial charge on any atom is -0.491 e. The molecule has 1 aromatic carbocycles. The van der Waals surface area contributed by atoms with Crippen LogP contribution in [-0.4, -0.2) is 53.8 Å². The van der Waals surface area contributed by atoms with Crippen LogP contribution in [-0.2, 0) is 14.3 Å². The minimum absolute atomic E-state index is 0.0221. The topological polar surface area (TPSA) is 85.2 Å². The van der Waals surface area contributed by atoms with Crippen LogP contribution in [0.3, 0.4) is 0 Å². The lowest BCUT2D eigenvalue weighted by Crippen LogP contribution is -2.22. The normalized spacial score (nSPS) is 29.0. The van der Waals surface area contributed by atoms with Crippen LogP contribution in [0, 0.1) is 17.8 Å². The maximum Gasteiger partial charge on any atom is 0.306 e. The van der Waals surface area contributed by atoms with E-state index in [4.69, 9.17) is 14.2 Å². The van der Waals surface area contributed by atoms with Gasteiger partial charge in [0.05, 0.1) is 18.3 Å². The van der Waals surface area contributed by atoms with Crippen molar-refractivity contribution in [3.63, 3.8) is 0 Å². The first-order valence-electron chi connectivity index (χ1n) is 12.0. The molecule has 0 unspecified atom stereocenters. The van der Waals surface area contributed by atoms with Crippen molar-refractivity contribution in [1.29, 1.82) is 0 Å². The molecule has 2 aliphatic rings. The van der Waals surface area contributed by atoms with Crippen LogP contribution in [0.1, 0.15) is 52.4 Å². The van der Waals surface area contributed by atoms with Crippen LogP contribution in [0.2, 0.25) is 0 Å². The number of aliphatic hydroxyl groups is 2. The van der Waals surface area contributed by atoms with Crippen LogP contribution in [0.25, 0.3) is 0 Å². The average molecular weight is 447 g/mol. The molecule has 0 aromatic heterocycles. The van der Waals surface area contributed by atoms with Crippen molar-refractivity contribution in [3.8, 4) is 5.75 Å². The van der Waals surface area contributed by atoms with Gasteiger partial charge in [0.15, 0.2) is 0 Å². The zero-order valence-corrected chi connectivity index (χ0v) is 19.3. The van der Waals surface area contributed by atoms with Crippen LogP contribution >= 0.6 is 0 Å². The van der Waals surface area contributed by atoms with Crippen molar-refractivity contribution < 1.29 is 29.2 Å². The Kier molecular flexibility index (Phi) is 9.57. The molecule has 0 amide bonds. The number of hydrogen-bond acceptors (Lipinski definition) is 6. The number of aliphatic hydroxyl groups excluding tert-OH is 2. The van der Waals surface area contributed by atoms with Gasteiger partial charge in [-0.15, -0.1) is 0 Å². The average Bonchev–Trinajstić information content (AvgIpc) is 2.92. The lowest BCUT2D eigenvalue weighted by atomic mass is 9.86. The highest BCUT2D eigenvalue weighted by atomic mass is 16.5. The Morgan fingerprint density at radius 3 is 2.78 bits per heavy atom. The molecule has 6 heteroatoms. The number of carbonyl (C=O) groups is 1. The molecule has 1 saturated carbocycles. The maximum absolute atomic E-state index is 11.7. The van der Waals surface area contributed by atoms with Crippen molar-refractivity contribution >= 4 is 5.97 Å². The highest BCUT2D eigenvalue weighted by Gasteiger charge is 2.43. The zero-order chi connectivity index (χ0) is 22.9. The maximum atomic E-state index is 11.7. The lowest BCUT2D eigenvalue weighted by molar-refractivity contribution is -0.147. The third kappa shape index (κ3) is 7.61. The van der Waals surface area contributed by atoms with E-state index in [2.05, 4.69) is 0 Å². The molecule has 0 radical (unpaired) electrons. The Hall–Kier alpha value is -1.89. The van der Waals surface area contributed by atoms with E-state index in [0.29, 0.717) is 25.4 Å². The van der Waals surface area contributed by atoms with Crippen LogP contribution in [0.5, 0.6) is 5.75 Å². The molecular formula is C26H38O6. The Labute approximate surface area is 191 Å². The molecule has 2 N–H and O–H groups in total. The predicted molar refractivity (Wildman–Crippen MR) is 122 cm³/mol. The minimum atomic E-state index is -0.730. The molecule has 1 saturated heterocycles. The molecule has 3 rings (SSSR count). The Bertz CT molecular complexity index is 718. The lowest BCUT2D eigenvalue weighted by Gasteiger charge is -2.21. The molecule has 0 spiro atoms. The number of benzene rings is 1. The van der Waals surface area contributed by atoms with Gasteiger partial charge in [0.25, 0.3) is 0 Å². The number of carbonyl (C=O) groups excluding carboxylic acids is 1. The first kappa shape index (κ1) is 24.7. The molecule has 0 bridgehead atoms. The largest absolute Gasteiger partial charge is 0.491 e. The zero-order valence-electron chi connectivity index (χ0n) is 19.3. The summed E-state index contributed by atoms with van der Waals surface area (Å²) in [6, 6.07) is 9.41. The number of hydrogen-bond donors (Lipinski definition) is 2. The van der Waals surface area contributed by atoms with Gasteiger partial charge in [0.2, 0.25) is 0 Å². The number of rotatable bonds is 10. The molecule has 6 atom stereocenters. The molecule has 2 fully saturated rings. The second-order valence-electron chi connectivity index (χ2n) is 9.37. The van der Waals surface area contributed by atoms with Gasteiger partial charge in [-0.3, -0.25) is 4.79 Å². The Morgan fingerprint density at radius 1 is 1.25 bits per heavy atom. The summed E-state index contributed by atoms with van der Waals surface area (Å²) in [7, 11) is 0. The van der Waals surface area contributed by atoms with E-state index in [1.165, 1.54) is 0 Å². The number of esters is 1. The van der Waals surface area contributed by atoms with Crippen molar-refractivity contribution in [2.24, 2.45) is 17.8 Å². The van der Waals surface area contributed by atoms with E-state index in [1.807, 2.05) is 50.3 Å². The molecule has 6 nitrogen and oxygen atoms in total. The second-order valence-corrected chi connectivity index (χ2v) is 9.37. The van der Waals surface area contributed by atoms with Crippen molar-refractivity contribution in [3.05, 3.63) is 42.5 Å². The summed E-state index contributed by atoms with van der Waals surface area (Å²) in [6.07, 6.45) is 7.33. The van der Waals surface area contributed by atoms with E-state index >= 15 is 0 Å². The molecule has 1 aliphatic heterocycles. The molecule has 1 aromatic rings. The SMILES string of the molecule is CC(C)OC(=O)CCC[C@@H]1CC[C@@H]2[C@@H](/C=C/[C@@H](O)COc3ccccc3)[C@H](O)C[C@@H]2OC1. The summed E-state index contributed by atoms with van der Waals surface area (Å²) >= 11 is 0. The molecule has 1 heterocycles. The summed E-state index contributed by atoms with van der Waals surface area (Å²) in [6.45, 7) is 4.58. The van der Waals surface area contributed by atoms with Crippen LogP contribution < -0.4 is 4.74 Å². The smallest absolute Gasteiger partial charge is 0.306 e. The number of ether oxygens (including phenoxy) is 3. The van der Waals surface area contributed by atoms with Gasteiger partial charge >= 0.3 is 5.97 Å². The van der Waals surface area contributed by atoms with Gasteiger partial charge in [-0.2, -0.15) is 0 Å². The second kappa shape index (κ2) is 12.4. The first-order chi connectivity index (χ1) is 15.4. The standard InChI is InChI=1S/C26H38O6/c1-18(2)32-26(29)10-6-7-19-11-13-23-22(24(28)15-25(23)31-16-19)14-12-20(27)17-30-21-8-4-3-5-9-21/h3-5,8-9,12,14,18-20,22-25,27-28H,6-7,10-11,13,15-17H2,1-2H3/b14-12+/t19-,20-,22-,23-,24-,25+/m1/s1. The highest BCUT2D eigenvalue weighted by molar-refractivity contribution is 5.69. The fraction of sp³-hybridized carbons (Fsp3) is 0.654. The van der Waals surface area contributed by atoms with Crippen molar-refractivity contribution in [2.75, 3.05) is 13.2 Å². The quantitative estimate of drug-likeness (QED) is 0.419. The summed E-state index contributed by atoms with van der Waals surface area (Å²) < 4.78 is 17.0. The van der Waals surface area contributed by atoms with Crippen LogP contribution in [0.15, 0.2) is 42.5 Å². The number of para-hydroxylation sites is 1. The fourth-order valence-corrected chi connectivity index (χ4v) is 4.81. The fourth-order valence-electron chi connectivity index (χ4n) is 4.81. The summed E-state index contributed by atoms with van der Waals surface area (Å²) in [5.41, 5.74) is 0. The monoisotopic (exact) mass is 446 g/mol. The van der Waals surface area contributed by atoms with Crippen LogP contribution in [0.4, 0.5) is 0 Å². The highest BCUT2D eigenvalue weighted by Crippen LogP contribution is 2.42. The van der Waals surface area contributed by atoms with E-state index in [-0.39, 0.29) is 36.6 Å². The van der Waals surface area contributed by atoms with Gasteiger partial charge in [0, 0.05) is 25.4 Å². The number of fused-ring (bicyclic) bond motifs is 1. The van der Waals surface area contributed by atoms with E-state index in [1.54, 1.807) is 6.08 Å². The molecule has 1 aliphatic carbocycles. The first-order valence-corrected chi connectivity index (χ1v) is 12.0. The third-order valence-corrected chi connectivity index (χ3v) is 6.42. The van der Waals surface area contributed by atoms with E-state index in [9.17, 15) is 15.0 Å². The Morgan fingerprint density at radius 2 is 2.03 bits per heavy atom. The summed E-state index contributed by atoms with van der Waals surface area (Å²) in [4.78, 5) is 11.7. The van der Waals surface area contributed by atoms with Gasteiger partial charge < -0.3 is 24.4 Å². The summed E-state index contributed by atoms with van der Waals surface area (Å²) in [5.74, 6) is 1.25. The molecule has 178 valence electrons. The van der Waals surface area contributed by atoms with E-state index in [0.717, 1.165) is 31.4 Å².